The summed E-state index contributed by atoms with van der Waals surface area (Å²) in [5.41, 5.74) is 3.24. The maximum Gasteiger partial charge on any atom is 0.197 e. The zero-order valence-corrected chi connectivity index (χ0v) is 12.6. The SMILES string of the molecule is Cc1cc(F)ccc1-c1ccc(/C=C/C(=O)c2cncs2)o1. The minimum absolute atomic E-state index is 0.113. The monoisotopic (exact) mass is 313 g/mol. The van der Waals surface area contributed by atoms with Gasteiger partial charge in [-0.2, -0.15) is 0 Å². The van der Waals surface area contributed by atoms with Crippen LogP contribution in [0.5, 0.6) is 0 Å². The molecule has 2 heterocycles. The van der Waals surface area contributed by atoms with Gasteiger partial charge in [0.1, 0.15) is 17.3 Å². The normalized spacial score (nSPS) is 11.2. The zero-order valence-electron chi connectivity index (χ0n) is 11.7. The molecule has 0 spiro atoms. The molecule has 0 fully saturated rings. The molecule has 2 aromatic heterocycles. The average molecular weight is 313 g/mol. The second-order valence-electron chi connectivity index (χ2n) is 4.72. The van der Waals surface area contributed by atoms with E-state index < -0.39 is 0 Å². The van der Waals surface area contributed by atoms with Gasteiger partial charge in [0, 0.05) is 11.8 Å². The van der Waals surface area contributed by atoms with E-state index in [1.165, 1.54) is 35.7 Å². The van der Waals surface area contributed by atoms with Gasteiger partial charge in [-0.15, -0.1) is 11.3 Å². The third kappa shape index (κ3) is 3.04. The van der Waals surface area contributed by atoms with E-state index in [2.05, 4.69) is 4.98 Å². The van der Waals surface area contributed by atoms with E-state index in [-0.39, 0.29) is 11.6 Å². The van der Waals surface area contributed by atoms with Crippen molar-refractivity contribution < 1.29 is 13.6 Å². The maximum atomic E-state index is 13.1. The van der Waals surface area contributed by atoms with Gasteiger partial charge in [-0.1, -0.05) is 0 Å². The molecular formula is C17H12FNO2S. The Bertz CT molecular complexity index is 834. The highest BCUT2D eigenvalue weighted by Crippen LogP contribution is 2.26. The second kappa shape index (κ2) is 6.07. The van der Waals surface area contributed by atoms with Crippen LogP contribution in [-0.4, -0.2) is 10.8 Å². The molecule has 110 valence electrons. The fraction of sp³-hybridized carbons (Fsp3) is 0.0588. The molecule has 0 saturated heterocycles. The quantitative estimate of drug-likeness (QED) is 0.516. The number of nitrogens with zero attached hydrogens (tertiary/aromatic N) is 1. The van der Waals surface area contributed by atoms with E-state index in [1.807, 2.05) is 6.92 Å². The van der Waals surface area contributed by atoms with Crippen LogP contribution < -0.4 is 0 Å². The summed E-state index contributed by atoms with van der Waals surface area (Å²) in [5.74, 6) is 0.820. The highest BCUT2D eigenvalue weighted by molar-refractivity contribution is 7.11. The van der Waals surface area contributed by atoms with Crippen LogP contribution in [0.4, 0.5) is 4.39 Å². The highest BCUT2D eigenvalue weighted by atomic mass is 32.1. The number of halogens is 1. The molecule has 3 nitrogen and oxygen atoms in total. The number of aromatic nitrogens is 1. The number of carbonyl (C=O) groups is 1. The van der Waals surface area contributed by atoms with Gasteiger partial charge in [-0.3, -0.25) is 9.78 Å². The van der Waals surface area contributed by atoms with Crippen LogP contribution in [0.1, 0.15) is 21.0 Å². The van der Waals surface area contributed by atoms with Crippen molar-refractivity contribution in [2.45, 2.75) is 6.92 Å². The van der Waals surface area contributed by atoms with Gasteiger partial charge in [0.15, 0.2) is 5.78 Å². The molecule has 0 amide bonds. The van der Waals surface area contributed by atoms with Crippen molar-refractivity contribution in [2.24, 2.45) is 0 Å². The molecule has 0 aliphatic heterocycles. The fourth-order valence-corrected chi connectivity index (χ4v) is 2.61. The molecule has 0 N–H and O–H groups in total. The minimum Gasteiger partial charge on any atom is -0.457 e. The summed E-state index contributed by atoms with van der Waals surface area (Å²) < 4.78 is 18.8. The Morgan fingerprint density at radius 1 is 1.32 bits per heavy atom. The second-order valence-corrected chi connectivity index (χ2v) is 5.61. The summed E-state index contributed by atoms with van der Waals surface area (Å²) in [5, 5.41) is 0. The van der Waals surface area contributed by atoms with Gasteiger partial charge < -0.3 is 4.42 Å². The fourth-order valence-electron chi connectivity index (χ4n) is 2.07. The first-order valence-electron chi connectivity index (χ1n) is 6.61. The standard InChI is InChI=1S/C17H12FNO2S/c1-11-8-12(18)2-5-14(11)16-7-4-13(21-16)3-6-15(20)17-9-19-10-22-17/h2-10H,1H3/b6-3+. The number of allylic oxidation sites excluding steroid dienone is 1. The Morgan fingerprint density at radius 2 is 2.18 bits per heavy atom. The predicted octanol–water partition coefficient (Wildman–Crippen LogP) is 4.75. The first kappa shape index (κ1) is 14.4. The smallest absolute Gasteiger partial charge is 0.197 e. The van der Waals surface area contributed by atoms with Gasteiger partial charge in [0.05, 0.1) is 10.4 Å². The summed E-state index contributed by atoms with van der Waals surface area (Å²) in [6.45, 7) is 1.82. The van der Waals surface area contributed by atoms with E-state index in [1.54, 1.807) is 29.8 Å². The number of aryl methyl sites for hydroxylation is 1. The molecule has 0 radical (unpaired) electrons. The number of benzene rings is 1. The summed E-state index contributed by atoms with van der Waals surface area (Å²) in [7, 11) is 0. The van der Waals surface area contributed by atoms with Gasteiger partial charge >= 0.3 is 0 Å². The van der Waals surface area contributed by atoms with E-state index in [0.717, 1.165) is 11.1 Å². The van der Waals surface area contributed by atoms with Crippen LogP contribution in [0.3, 0.4) is 0 Å². The number of rotatable bonds is 4. The largest absolute Gasteiger partial charge is 0.457 e. The van der Waals surface area contributed by atoms with Crippen molar-refractivity contribution in [2.75, 3.05) is 0 Å². The third-order valence-corrected chi connectivity index (χ3v) is 3.94. The zero-order chi connectivity index (χ0) is 15.5. The van der Waals surface area contributed by atoms with Crippen LogP contribution in [-0.2, 0) is 0 Å². The van der Waals surface area contributed by atoms with Crippen molar-refractivity contribution in [3.63, 3.8) is 0 Å². The molecule has 3 aromatic rings. The Labute approximate surface area is 130 Å². The topological polar surface area (TPSA) is 43.1 Å². The van der Waals surface area contributed by atoms with Crippen molar-refractivity contribution in [1.82, 2.24) is 4.98 Å². The third-order valence-electron chi connectivity index (χ3n) is 3.15. The molecule has 5 heteroatoms. The van der Waals surface area contributed by atoms with Gasteiger partial charge in [0.25, 0.3) is 0 Å². The Kier molecular flexibility index (Phi) is 3.98. The molecule has 0 aliphatic rings. The number of ketones is 1. The molecular weight excluding hydrogens is 301 g/mol. The lowest BCUT2D eigenvalue weighted by atomic mass is 10.1. The molecule has 22 heavy (non-hydrogen) atoms. The first-order valence-corrected chi connectivity index (χ1v) is 7.49. The summed E-state index contributed by atoms with van der Waals surface area (Å²) >= 11 is 1.29. The average Bonchev–Trinajstić information content (AvgIpc) is 3.16. The number of thiazole rings is 1. The van der Waals surface area contributed by atoms with Crippen molar-refractivity contribution in [3.05, 3.63) is 70.1 Å². The summed E-state index contributed by atoms with van der Waals surface area (Å²) in [6.07, 6.45) is 4.60. The van der Waals surface area contributed by atoms with Crippen LogP contribution in [0.15, 0.2) is 52.5 Å². The molecule has 0 unspecified atom stereocenters. The molecule has 0 bridgehead atoms. The van der Waals surface area contributed by atoms with E-state index in [4.69, 9.17) is 4.42 Å². The predicted molar refractivity (Wildman–Crippen MR) is 84.3 cm³/mol. The number of hydrogen-bond acceptors (Lipinski definition) is 4. The van der Waals surface area contributed by atoms with Crippen LogP contribution >= 0.6 is 11.3 Å². The summed E-state index contributed by atoms with van der Waals surface area (Å²) in [4.78, 5) is 16.3. The van der Waals surface area contributed by atoms with Crippen molar-refractivity contribution in [3.8, 4) is 11.3 Å². The van der Waals surface area contributed by atoms with E-state index in [9.17, 15) is 9.18 Å². The Hall–Kier alpha value is -2.53. The Balaban J connectivity index is 1.80. The van der Waals surface area contributed by atoms with Gasteiger partial charge in [-0.25, -0.2) is 4.39 Å². The van der Waals surface area contributed by atoms with Crippen LogP contribution in [0.2, 0.25) is 0 Å². The molecule has 0 saturated carbocycles. The lowest BCUT2D eigenvalue weighted by Crippen LogP contribution is -1.88. The highest BCUT2D eigenvalue weighted by Gasteiger charge is 2.08. The Morgan fingerprint density at radius 3 is 2.91 bits per heavy atom. The van der Waals surface area contributed by atoms with Crippen LogP contribution in [0, 0.1) is 12.7 Å². The van der Waals surface area contributed by atoms with Crippen LogP contribution in [0.25, 0.3) is 17.4 Å². The van der Waals surface area contributed by atoms with E-state index in [0.29, 0.717) is 16.4 Å². The molecule has 1 aromatic carbocycles. The lowest BCUT2D eigenvalue weighted by molar-refractivity contribution is 0.105. The minimum atomic E-state index is -0.275. The van der Waals surface area contributed by atoms with Gasteiger partial charge in [-0.05, 0) is 55.0 Å². The van der Waals surface area contributed by atoms with E-state index >= 15 is 0 Å². The molecule has 3 rings (SSSR count). The van der Waals surface area contributed by atoms with Gasteiger partial charge in [0.2, 0.25) is 0 Å². The van der Waals surface area contributed by atoms with Crippen molar-refractivity contribution >= 4 is 23.2 Å². The molecule has 0 atom stereocenters. The number of furan rings is 1. The first-order chi connectivity index (χ1) is 10.6. The van der Waals surface area contributed by atoms with Crippen molar-refractivity contribution in [1.29, 1.82) is 0 Å². The number of carbonyl (C=O) groups excluding carboxylic acids is 1. The number of hydrogen-bond donors (Lipinski definition) is 0. The maximum absolute atomic E-state index is 13.1. The lowest BCUT2D eigenvalue weighted by Gasteiger charge is -2.01. The summed E-state index contributed by atoms with van der Waals surface area (Å²) in [6, 6.07) is 8.11. The molecule has 0 aliphatic carbocycles.